The topological polar surface area (TPSA) is 57.6 Å². The van der Waals surface area contributed by atoms with Crippen molar-refractivity contribution in [3.05, 3.63) is 12.7 Å². The van der Waals surface area contributed by atoms with Gasteiger partial charge in [0.25, 0.3) is 0 Å². The highest BCUT2D eigenvalue weighted by Gasteiger charge is 2.27. The lowest BCUT2D eigenvalue weighted by Crippen LogP contribution is -2.44. The second kappa shape index (κ2) is 5.53. The van der Waals surface area contributed by atoms with E-state index in [0.717, 1.165) is 19.3 Å². The van der Waals surface area contributed by atoms with E-state index in [-0.39, 0.29) is 18.4 Å². The summed E-state index contributed by atoms with van der Waals surface area (Å²) in [5.41, 5.74) is 0. The number of carbonyl (C=O) groups is 2. The minimum absolute atomic E-state index is 0.00375. The lowest BCUT2D eigenvalue weighted by atomic mass is 9.99. The van der Waals surface area contributed by atoms with Gasteiger partial charge in [-0.3, -0.25) is 9.59 Å². The van der Waals surface area contributed by atoms with E-state index in [0.29, 0.717) is 13.0 Å². The van der Waals surface area contributed by atoms with E-state index < -0.39 is 5.97 Å². The summed E-state index contributed by atoms with van der Waals surface area (Å²) in [6.45, 7) is 4.20. The number of aliphatic carboxylic acids is 1. The normalized spacial score (nSPS) is 21.1. The Kier molecular flexibility index (Phi) is 4.34. The van der Waals surface area contributed by atoms with Gasteiger partial charge in [-0.2, -0.15) is 0 Å². The summed E-state index contributed by atoms with van der Waals surface area (Å²) in [5, 5.41) is 8.74. The van der Waals surface area contributed by atoms with Crippen LogP contribution in [-0.4, -0.2) is 34.5 Å². The molecule has 1 fully saturated rings. The van der Waals surface area contributed by atoms with Crippen LogP contribution < -0.4 is 0 Å². The van der Waals surface area contributed by atoms with Crippen molar-refractivity contribution in [2.24, 2.45) is 0 Å². The van der Waals surface area contributed by atoms with Crippen LogP contribution in [0.1, 0.15) is 32.1 Å². The van der Waals surface area contributed by atoms with Gasteiger partial charge in [0.1, 0.15) is 0 Å². The van der Waals surface area contributed by atoms with E-state index in [1.54, 1.807) is 11.0 Å². The number of hydrogen-bond acceptors (Lipinski definition) is 2. The molecule has 0 aromatic carbocycles. The fourth-order valence-corrected chi connectivity index (χ4v) is 1.98. The van der Waals surface area contributed by atoms with Gasteiger partial charge in [0.15, 0.2) is 0 Å². The number of carboxylic acid groups (broad SMARTS) is 1. The fourth-order valence-electron chi connectivity index (χ4n) is 1.98. The van der Waals surface area contributed by atoms with Crippen molar-refractivity contribution in [3.8, 4) is 0 Å². The number of rotatable bonds is 4. The smallest absolute Gasteiger partial charge is 0.305 e. The summed E-state index contributed by atoms with van der Waals surface area (Å²) >= 11 is 0. The van der Waals surface area contributed by atoms with Gasteiger partial charge in [0, 0.05) is 19.0 Å². The lowest BCUT2D eigenvalue weighted by Gasteiger charge is -2.34. The molecule has 0 bridgehead atoms. The Morgan fingerprint density at radius 3 is 2.80 bits per heavy atom. The maximum atomic E-state index is 11.7. The molecular formula is C11H17NO3. The maximum absolute atomic E-state index is 11.7. The third kappa shape index (κ3) is 3.38. The van der Waals surface area contributed by atoms with Gasteiger partial charge in [-0.15, -0.1) is 6.58 Å². The van der Waals surface area contributed by atoms with E-state index in [9.17, 15) is 9.59 Å². The minimum atomic E-state index is -0.835. The molecule has 1 rings (SSSR count). The Bertz CT molecular complexity index is 263. The molecule has 0 aromatic rings. The third-order valence-electron chi connectivity index (χ3n) is 2.68. The molecule has 4 heteroatoms. The molecule has 0 aromatic heterocycles. The van der Waals surface area contributed by atoms with Crippen molar-refractivity contribution in [3.63, 3.8) is 0 Å². The highest BCUT2D eigenvalue weighted by molar-refractivity contribution is 5.79. The molecule has 1 amide bonds. The average Bonchev–Trinajstić information content (AvgIpc) is 2.18. The van der Waals surface area contributed by atoms with Crippen molar-refractivity contribution in [2.45, 2.75) is 38.1 Å². The van der Waals surface area contributed by atoms with E-state index in [1.807, 2.05) is 0 Å². The molecule has 1 unspecified atom stereocenters. The largest absolute Gasteiger partial charge is 0.481 e. The molecular weight excluding hydrogens is 194 g/mol. The molecule has 0 radical (unpaired) electrons. The predicted octanol–water partition coefficient (Wildman–Crippen LogP) is 1.42. The highest BCUT2D eigenvalue weighted by Crippen LogP contribution is 2.20. The molecule has 15 heavy (non-hydrogen) atoms. The molecule has 4 nitrogen and oxygen atoms in total. The summed E-state index contributed by atoms with van der Waals surface area (Å²) in [7, 11) is 0. The molecule has 1 saturated heterocycles. The van der Waals surface area contributed by atoms with Crippen LogP contribution in [0.3, 0.4) is 0 Å². The monoisotopic (exact) mass is 211 g/mol. The van der Waals surface area contributed by atoms with Crippen LogP contribution in [0.2, 0.25) is 0 Å². The van der Waals surface area contributed by atoms with Crippen LogP contribution >= 0.6 is 0 Å². The van der Waals surface area contributed by atoms with Gasteiger partial charge in [0.2, 0.25) is 5.91 Å². The number of carboxylic acids is 1. The van der Waals surface area contributed by atoms with Crippen molar-refractivity contribution in [1.82, 2.24) is 4.90 Å². The second-order valence-corrected chi connectivity index (χ2v) is 3.83. The summed E-state index contributed by atoms with van der Waals surface area (Å²) < 4.78 is 0. The second-order valence-electron chi connectivity index (χ2n) is 3.83. The summed E-state index contributed by atoms with van der Waals surface area (Å²) in [4.78, 5) is 24.0. The zero-order valence-corrected chi connectivity index (χ0v) is 8.82. The number of hydrogen-bond donors (Lipinski definition) is 1. The molecule has 84 valence electrons. The van der Waals surface area contributed by atoms with Gasteiger partial charge < -0.3 is 10.0 Å². The van der Waals surface area contributed by atoms with Gasteiger partial charge >= 0.3 is 5.97 Å². The first-order valence-electron chi connectivity index (χ1n) is 5.27. The SMILES string of the molecule is C=CCC(=O)N1CCCCC1CC(=O)O. The molecule has 1 aliphatic heterocycles. The van der Waals surface area contributed by atoms with Gasteiger partial charge in [0.05, 0.1) is 6.42 Å². The van der Waals surface area contributed by atoms with E-state index in [2.05, 4.69) is 6.58 Å². The standard InChI is InChI=1S/C11H17NO3/c1-2-5-10(13)12-7-4-3-6-9(12)8-11(14)15/h2,9H,1,3-8H2,(H,14,15). The van der Waals surface area contributed by atoms with Crippen LogP contribution in [0, 0.1) is 0 Å². The van der Waals surface area contributed by atoms with Gasteiger partial charge in [-0.25, -0.2) is 0 Å². The van der Waals surface area contributed by atoms with Crippen LogP contribution in [0.15, 0.2) is 12.7 Å². The Hall–Kier alpha value is -1.32. The Labute approximate surface area is 89.6 Å². The summed E-state index contributed by atoms with van der Waals surface area (Å²) in [6, 6.07) is -0.122. The average molecular weight is 211 g/mol. The number of likely N-dealkylation sites (tertiary alicyclic amines) is 1. The quantitative estimate of drug-likeness (QED) is 0.715. The molecule has 0 aliphatic carbocycles. The van der Waals surface area contributed by atoms with E-state index in [4.69, 9.17) is 5.11 Å². The highest BCUT2D eigenvalue weighted by atomic mass is 16.4. The van der Waals surface area contributed by atoms with E-state index in [1.165, 1.54) is 0 Å². The fraction of sp³-hybridized carbons (Fsp3) is 0.636. The maximum Gasteiger partial charge on any atom is 0.305 e. The molecule has 1 N–H and O–H groups in total. The number of carbonyl (C=O) groups excluding carboxylic acids is 1. The van der Waals surface area contributed by atoms with E-state index >= 15 is 0 Å². The lowest BCUT2D eigenvalue weighted by molar-refractivity contribution is -0.141. The van der Waals surface area contributed by atoms with Crippen LogP contribution in [0.5, 0.6) is 0 Å². The first-order chi connectivity index (χ1) is 7.15. The van der Waals surface area contributed by atoms with Crippen molar-refractivity contribution in [2.75, 3.05) is 6.54 Å². The third-order valence-corrected chi connectivity index (χ3v) is 2.68. The minimum Gasteiger partial charge on any atom is -0.481 e. The van der Waals surface area contributed by atoms with Crippen molar-refractivity contribution in [1.29, 1.82) is 0 Å². The zero-order chi connectivity index (χ0) is 11.3. The molecule has 0 saturated carbocycles. The Morgan fingerprint density at radius 1 is 1.47 bits per heavy atom. The number of nitrogens with zero attached hydrogens (tertiary/aromatic N) is 1. The Morgan fingerprint density at radius 2 is 2.20 bits per heavy atom. The van der Waals surface area contributed by atoms with Crippen molar-refractivity contribution >= 4 is 11.9 Å². The summed E-state index contributed by atoms with van der Waals surface area (Å²) in [6.07, 6.45) is 4.71. The molecule has 1 aliphatic rings. The van der Waals surface area contributed by atoms with Gasteiger partial charge in [-0.1, -0.05) is 6.08 Å². The first kappa shape index (κ1) is 11.8. The number of piperidine rings is 1. The number of amides is 1. The van der Waals surface area contributed by atoms with Crippen LogP contribution in [0.25, 0.3) is 0 Å². The van der Waals surface area contributed by atoms with Crippen LogP contribution in [0.4, 0.5) is 0 Å². The first-order valence-corrected chi connectivity index (χ1v) is 5.27. The van der Waals surface area contributed by atoms with Crippen LogP contribution in [-0.2, 0) is 9.59 Å². The van der Waals surface area contributed by atoms with Gasteiger partial charge in [-0.05, 0) is 19.3 Å². The Balaban J connectivity index is 2.60. The molecule has 1 heterocycles. The molecule has 1 atom stereocenters. The zero-order valence-electron chi connectivity index (χ0n) is 8.82. The molecule has 0 spiro atoms. The van der Waals surface area contributed by atoms with Crippen molar-refractivity contribution < 1.29 is 14.7 Å². The predicted molar refractivity (Wildman–Crippen MR) is 56.4 cm³/mol. The summed E-state index contributed by atoms with van der Waals surface area (Å²) in [5.74, 6) is -0.839.